The van der Waals surface area contributed by atoms with Gasteiger partial charge in [0.25, 0.3) is 0 Å². The van der Waals surface area contributed by atoms with Gasteiger partial charge < -0.3 is 9.88 Å². The van der Waals surface area contributed by atoms with Crippen LogP contribution in [0.5, 0.6) is 0 Å². The minimum atomic E-state index is -0.129. The second-order valence-corrected chi connectivity index (χ2v) is 4.94. The van der Waals surface area contributed by atoms with E-state index in [1.807, 2.05) is 31.5 Å². The summed E-state index contributed by atoms with van der Waals surface area (Å²) in [5.74, 6) is 0.249. The number of alkyl halides is 1. The number of aryl methyl sites for hydroxylation is 1. The van der Waals surface area contributed by atoms with E-state index in [2.05, 4.69) is 20.9 Å². The molecular formula is C14H18ClN3O. The predicted octanol–water partition coefficient (Wildman–Crippen LogP) is 2.42. The third kappa shape index (κ3) is 3.47. The number of benzene rings is 1. The molecule has 1 atom stereocenters. The summed E-state index contributed by atoms with van der Waals surface area (Å²) in [6.07, 6.45) is 2.72. The lowest BCUT2D eigenvalue weighted by Gasteiger charge is -2.09. The Morgan fingerprint density at radius 3 is 3.05 bits per heavy atom. The van der Waals surface area contributed by atoms with Crippen LogP contribution in [0.25, 0.3) is 11.0 Å². The fourth-order valence-corrected chi connectivity index (χ4v) is 2.03. The van der Waals surface area contributed by atoms with Crippen molar-refractivity contribution in [1.29, 1.82) is 0 Å². The summed E-state index contributed by atoms with van der Waals surface area (Å²) in [4.78, 5) is 15.9. The summed E-state index contributed by atoms with van der Waals surface area (Å²) in [5.41, 5.74) is 2.13. The summed E-state index contributed by atoms with van der Waals surface area (Å²) in [7, 11) is 0. The highest BCUT2D eigenvalue weighted by molar-refractivity contribution is 6.19. The van der Waals surface area contributed by atoms with Crippen LogP contribution in [0.1, 0.15) is 13.3 Å². The number of hydrogen-bond acceptors (Lipinski definition) is 2. The SMILES string of the molecule is CC(CCl)C(=O)NCCCn1cnc2ccccc21. The van der Waals surface area contributed by atoms with Crippen LogP contribution in [-0.4, -0.2) is 27.9 Å². The van der Waals surface area contributed by atoms with Gasteiger partial charge in [0, 0.05) is 24.9 Å². The maximum Gasteiger partial charge on any atom is 0.224 e. The average Bonchev–Trinajstić information content (AvgIpc) is 2.86. The van der Waals surface area contributed by atoms with Gasteiger partial charge in [-0.2, -0.15) is 0 Å². The third-order valence-electron chi connectivity index (χ3n) is 3.08. The average molecular weight is 280 g/mol. The number of hydrogen-bond donors (Lipinski definition) is 1. The van der Waals surface area contributed by atoms with Crippen molar-refractivity contribution >= 4 is 28.5 Å². The Labute approximate surface area is 117 Å². The number of amides is 1. The largest absolute Gasteiger partial charge is 0.356 e. The van der Waals surface area contributed by atoms with E-state index in [-0.39, 0.29) is 11.8 Å². The number of fused-ring (bicyclic) bond motifs is 1. The highest BCUT2D eigenvalue weighted by Crippen LogP contribution is 2.11. The fraction of sp³-hybridized carbons (Fsp3) is 0.429. The molecule has 1 amide bonds. The Bertz CT molecular complexity index is 552. The van der Waals surface area contributed by atoms with Crippen molar-refractivity contribution in [2.24, 2.45) is 5.92 Å². The van der Waals surface area contributed by atoms with E-state index >= 15 is 0 Å². The second-order valence-electron chi connectivity index (χ2n) is 4.63. The lowest BCUT2D eigenvalue weighted by Crippen LogP contribution is -2.31. The molecule has 0 aliphatic heterocycles. The van der Waals surface area contributed by atoms with Gasteiger partial charge in [-0.25, -0.2) is 4.98 Å². The number of rotatable bonds is 6. The molecule has 1 heterocycles. The quantitative estimate of drug-likeness (QED) is 0.652. The summed E-state index contributed by atoms with van der Waals surface area (Å²) in [6.45, 7) is 3.33. The van der Waals surface area contributed by atoms with Crippen molar-refractivity contribution in [3.8, 4) is 0 Å². The number of nitrogens with one attached hydrogen (secondary N) is 1. The van der Waals surface area contributed by atoms with Crippen molar-refractivity contribution in [1.82, 2.24) is 14.9 Å². The standard InChI is InChI=1S/C14H18ClN3O/c1-11(9-15)14(19)16-7-4-8-18-10-17-12-5-2-3-6-13(12)18/h2-3,5-6,10-11H,4,7-9H2,1H3,(H,16,19). The lowest BCUT2D eigenvalue weighted by atomic mass is 10.2. The van der Waals surface area contributed by atoms with Crippen molar-refractivity contribution in [2.75, 3.05) is 12.4 Å². The summed E-state index contributed by atoms with van der Waals surface area (Å²) in [5, 5.41) is 2.89. The van der Waals surface area contributed by atoms with Crippen LogP contribution in [0, 0.1) is 5.92 Å². The topological polar surface area (TPSA) is 46.9 Å². The van der Waals surface area contributed by atoms with Gasteiger partial charge in [-0.05, 0) is 18.6 Å². The first-order valence-electron chi connectivity index (χ1n) is 6.46. The molecule has 0 bridgehead atoms. The highest BCUT2D eigenvalue weighted by atomic mass is 35.5. The van der Waals surface area contributed by atoms with E-state index in [0.717, 1.165) is 24.0 Å². The van der Waals surface area contributed by atoms with Crippen LogP contribution in [0.3, 0.4) is 0 Å². The maximum atomic E-state index is 11.5. The van der Waals surface area contributed by atoms with Gasteiger partial charge in [-0.3, -0.25) is 4.79 Å². The number of carbonyl (C=O) groups excluding carboxylic acids is 1. The zero-order chi connectivity index (χ0) is 13.7. The molecule has 0 radical (unpaired) electrons. The van der Waals surface area contributed by atoms with Crippen LogP contribution in [0.2, 0.25) is 0 Å². The number of imidazole rings is 1. The van der Waals surface area contributed by atoms with E-state index in [9.17, 15) is 4.79 Å². The summed E-state index contributed by atoms with van der Waals surface area (Å²) >= 11 is 5.63. The number of halogens is 1. The number of carbonyl (C=O) groups is 1. The Hall–Kier alpha value is -1.55. The van der Waals surface area contributed by atoms with E-state index in [4.69, 9.17) is 11.6 Å². The minimum absolute atomic E-state index is 0.0190. The monoisotopic (exact) mass is 279 g/mol. The van der Waals surface area contributed by atoms with Crippen LogP contribution in [0.15, 0.2) is 30.6 Å². The van der Waals surface area contributed by atoms with Crippen LogP contribution < -0.4 is 5.32 Å². The highest BCUT2D eigenvalue weighted by Gasteiger charge is 2.10. The zero-order valence-electron chi connectivity index (χ0n) is 11.0. The van der Waals surface area contributed by atoms with Gasteiger partial charge in [-0.1, -0.05) is 19.1 Å². The Balaban J connectivity index is 1.82. The molecule has 0 saturated heterocycles. The summed E-state index contributed by atoms with van der Waals surface area (Å²) in [6, 6.07) is 8.03. The Morgan fingerprint density at radius 1 is 1.47 bits per heavy atom. The van der Waals surface area contributed by atoms with Gasteiger partial charge in [0.2, 0.25) is 5.91 Å². The molecule has 102 valence electrons. The van der Waals surface area contributed by atoms with Gasteiger partial charge in [0.05, 0.1) is 17.4 Å². The van der Waals surface area contributed by atoms with E-state index < -0.39 is 0 Å². The first kappa shape index (κ1) is 13.9. The van der Waals surface area contributed by atoms with E-state index in [1.165, 1.54) is 0 Å². The summed E-state index contributed by atoms with van der Waals surface area (Å²) < 4.78 is 2.10. The molecule has 2 rings (SSSR count). The Morgan fingerprint density at radius 2 is 2.26 bits per heavy atom. The molecule has 4 nitrogen and oxygen atoms in total. The first-order valence-corrected chi connectivity index (χ1v) is 6.99. The molecule has 1 aromatic heterocycles. The van der Waals surface area contributed by atoms with Gasteiger partial charge >= 0.3 is 0 Å². The molecule has 0 saturated carbocycles. The number of nitrogens with zero attached hydrogens (tertiary/aromatic N) is 2. The predicted molar refractivity (Wildman–Crippen MR) is 77.2 cm³/mol. The normalized spacial score (nSPS) is 12.5. The molecule has 5 heteroatoms. The molecule has 0 aliphatic rings. The molecular weight excluding hydrogens is 262 g/mol. The maximum absolute atomic E-state index is 11.5. The van der Waals surface area contributed by atoms with Crippen molar-refractivity contribution in [3.05, 3.63) is 30.6 Å². The van der Waals surface area contributed by atoms with Crippen LogP contribution in [0.4, 0.5) is 0 Å². The molecule has 1 aromatic carbocycles. The third-order valence-corrected chi connectivity index (χ3v) is 3.54. The number of aromatic nitrogens is 2. The molecule has 0 aliphatic carbocycles. The van der Waals surface area contributed by atoms with Gasteiger partial charge in [-0.15, -0.1) is 11.6 Å². The fourth-order valence-electron chi connectivity index (χ4n) is 1.89. The van der Waals surface area contributed by atoms with Crippen LogP contribution in [-0.2, 0) is 11.3 Å². The molecule has 1 N–H and O–H groups in total. The van der Waals surface area contributed by atoms with E-state index in [1.54, 1.807) is 0 Å². The minimum Gasteiger partial charge on any atom is -0.356 e. The van der Waals surface area contributed by atoms with Crippen molar-refractivity contribution in [3.63, 3.8) is 0 Å². The molecule has 0 spiro atoms. The number of para-hydroxylation sites is 2. The van der Waals surface area contributed by atoms with E-state index in [0.29, 0.717) is 12.4 Å². The molecule has 1 unspecified atom stereocenters. The molecule has 2 aromatic rings. The van der Waals surface area contributed by atoms with Crippen molar-refractivity contribution < 1.29 is 4.79 Å². The first-order chi connectivity index (χ1) is 9.22. The Kier molecular flexibility index (Phi) is 4.80. The van der Waals surface area contributed by atoms with Crippen molar-refractivity contribution in [2.45, 2.75) is 19.9 Å². The molecule has 0 fully saturated rings. The van der Waals surface area contributed by atoms with Gasteiger partial charge in [0.15, 0.2) is 0 Å². The lowest BCUT2D eigenvalue weighted by molar-refractivity contribution is -0.123. The zero-order valence-corrected chi connectivity index (χ0v) is 11.7. The second kappa shape index (κ2) is 6.57. The smallest absolute Gasteiger partial charge is 0.224 e. The van der Waals surface area contributed by atoms with Crippen LogP contribution >= 0.6 is 11.6 Å². The molecule has 19 heavy (non-hydrogen) atoms. The van der Waals surface area contributed by atoms with Gasteiger partial charge in [0.1, 0.15) is 0 Å².